The van der Waals surface area contributed by atoms with E-state index in [4.69, 9.17) is 0 Å². The van der Waals surface area contributed by atoms with E-state index in [0.717, 1.165) is 36.8 Å². The van der Waals surface area contributed by atoms with E-state index in [-0.39, 0.29) is 11.5 Å². The Morgan fingerprint density at radius 2 is 1.06 bits per heavy atom. The van der Waals surface area contributed by atoms with E-state index in [2.05, 4.69) is 19.9 Å². The molecule has 0 radical (unpaired) electrons. The first-order valence-electron chi connectivity index (χ1n) is 14.5. The second-order valence-corrected chi connectivity index (χ2v) is 10.3. The van der Waals surface area contributed by atoms with Crippen LogP contribution in [0.2, 0.25) is 0 Å². The van der Waals surface area contributed by atoms with E-state index in [0.29, 0.717) is 12.0 Å². The quantitative estimate of drug-likeness (QED) is 0.138. The summed E-state index contributed by atoms with van der Waals surface area (Å²) in [5.74, 6) is 0.362. The lowest BCUT2D eigenvalue weighted by molar-refractivity contribution is 0.0976. The minimum absolute atomic E-state index is 0.114. The smallest absolute Gasteiger partial charge is 0.166 e. The fraction of sp³-hybridized carbons (Fsp3) is 0.774. The first-order valence-corrected chi connectivity index (χ1v) is 14.5. The number of carbonyl (C=O) groups is 1. The Kier molecular flexibility index (Phi) is 18.1. The van der Waals surface area contributed by atoms with Gasteiger partial charge in [0.2, 0.25) is 0 Å². The SMILES string of the molecule is CCCCCCCCCCCCc1cc(C)cc(C(=O)CCCCCCCCCCC)c1O. The van der Waals surface area contributed by atoms with E-state index in [1.54, 1.807) is 0 Å². The Morgan fingerprint density at radius 3 is 1.55 bits per heavy atom. The van der Waals surface area contributed by atoms with Crippen LogP contribution in [-0.2, 0) is 6.42 Å². The lowest BCUT2D eigenvalue weighted by Gasteiger charge is -2.11. The van der Waals surface area contributed by atoms with Gasteiger partial charge in [0.25, 0.3) is 0 Å². The number of Topliss-reactive ketones (excluding diaryl/α,β-unsaturated/α-hetero) is 1. The van der Waals surface area contributed by atoms with Crippen LogP contribution in [0.3, 0.4) is 0 Å². The largest absolute Gasteiger partial charge is 0.507 e. The molecule has 2 heteroatoms. The maximum absolute atomic E-state index is 12.8. The highest BCUT2D eigenvalue weighted by Gasteiger charge is 2.15. The molecule has 0 saturated carbocycles. The molecule has 190 valence electrons. The standard InChI is InChI=1S/C31H54O2/c1-4-6-8-10-12-14-16-17-19-21-23-28-25-27(3)26-29(31(28)33)30(32)24-22-20-18-15-13-11-9-7-5-2/h25-26,33H,4-24H2,1-3H3. The van der Waals surface area contributed by atoms with Crippen molar-refractivity contribution in [1.82, 2.24) is 0 Å². The number of carbonyl (C=O) groups excluding carboxylic acids is 1. The number of hydrogen-bond donors (Lipinski definition) is 1. The third-order valence-corrected chi connectivity index (χ3v) is 6.94. The molecule has 0 aliphatic heterocycles. The zero-order chi connectivity index (χ0) is 24.2. The predicted molar refractivity (Wildman–Crippen MR) is 145 cm³/mol. The van der Waals surface area contributed by atoms with Crippen molar-refractivity contribution in [2.75, 3.05) is 0 Å². The minimum Gasteiger partial charge on any atom is -0.507 e. The van der Waals surface area contributed by atoms with E-state index in [1.807, 2.05) is 13.0 Å². The number of phenolic OH excluding ortho intramolecular Hbond substituents is 1. The van der Waals surface area contributed by atoms with Crippen LogP contribution < -0.4 is 0 Å². The molecule has 1 aromatic carbocycles. The summed E-state index contributed by atoms with van der Waals surface area (Å²) in [5.41, 5.74) is 2.60. The van der Waals surface area contributed by atoms with Crippen molar-refractivity contribution in [3.8, 4) is 5.75 Å². The summed E-state index contributed by atoms with van der Waals surface area (Å²) < 4.78 is 0. The van der Waals surface area contributed by atoms with Crippen molar-refractivity contribution in [2.45, 2.75) is 156 Å². The van der Waals surface area contributed by atoms with Crippen molar-refractivity contribution in [2.24, 2.45) is 0 Å². The number of ketones is 1. The summed E-state index contributed by atoms with van der Waals surface area (Å²) in [7, 11) is 0. The fourth-order valence-electron chi connectivity index (χ4n) is 4.79. The van der Waals surface area contributed by atoms with Gasteiger partial charge in [-0.05, 0) is 43.4 Å². The molecule has 0 heterocycles. The molecule has 0 saturated heterocycles. The Morgan fingerprint density at radius 1 is 0.636 bits per heavy atom. The summed E-state index contributed by atoms with van der Waals surface area (Å²) in [4.78, 5) is 12.8. The zero-order valence-corrected chi connectivity index (χ0v) is 22.4. The van der Waals surface area contributed by atoms with Crippen molar-refractivity contribution < 1.29 is 9.90 Å². The van der Waals surface area contributed by atoms with Gasteiger partial charge in [0.1, 0.15) is 5.75 Å². The maximum atomic E-state index is 12.8. The number of aryl methyl sites for hydroxylation is 2. The molecular formula is C31H54O2. The van der Waals surface area contributed by atoms with Gasteiger partial charge in [-0.15, -0.1) is 0 Å². The van der Waals surface area contributed by atoms with Crippen LogP contribution in [0.25, 0.3) is 0 Å². The van der Waals surface area contributed by atoms with Gasteiger partial charge in [0.15, 0.2) is 5.78 Å². The topological polar surface area (TPSA) is 37.3 Å². The molecule has 0 aliphatic rings. The van der Waals surface area contributed by atoms with E-state index >= 15 is 0 Å². The molecule has 0 atom stereocenters. The monoisotopic (exact) mass is 458 g/mol. The van der Waals surface area contributed by atoms with Crippen LogP contribution in [0.5, 0.6) is 5.75 Å². The molecule has 33 heavy (non-hydrogen) atoms. The highest BCUT2D eigenvalue weighted by Crippen LogP contribution is 2.28. The summed E-state index contributed by atoms with van der Waals surface area (Å²) in [6, 6.07) is 3.95. The Bertz CT molecular complexity index is 620. The van der Waals surface area contributed by atoms with Crippen LogP contribution in [-0.4, -0.2) is 10.9 Å². The third kappa shape index (κ3) is 14.5. The van der Waals surface area contributed by atoms with Gasteiger partial charge < -0.3 is 5.11 Å². The molecule has 0 amide bonds. The van der Waals surface area contributed by atoms with E-state index in [9.17, 15) is 9.90 Å². The highest BCUT2D eigenvalue weighted by atomic mass is 16.3. The summed E-state index contributed by atoms with van der Waals surface area (Å²) in [5, 5.41) is 10.7. The Labute approximate surface area is 206 Å². The van der Waals surface area contributed by atoms with Crippen LogP contribution in [0, 0.1) is 6.92 Å². The Hall–Kier alpha value is -1.31. The molecule has 2 nitrogen and oxygen atoms in total. The first kappa shape index (κ1) is 29.7. The van der Waals surface area contributed by atoms with Crippen molar-refractivity contribution in [3.63, 3.8) is 0 Å². The summed E-state index contributed by atoms with van der Waals surface area (Å²) >= 11 is 0. The van der Waals surface area contributed by atoms with Crippen molar-refractivity contribution >= 4 is 5.78 Å². The number of rotatable bonds is 22. The molecule has 0 unspecified atom stereocenters. The third-order valence-electron chi connectivity index (χ3n) is 6.94. The molecule has 0 fully saturated rings. The second kappa shape index (κ2) is 20.1. The average Bonchev–Trinajstić information content (AvgIpc) is 2.80. The fourth-order valence-corrected chi connectivity index (χ4v) is 4.79. The molecule has 1 rings (SSSR count). The molecule has 1 N–H and O–H groups in total. The van der Waals surface area contributed by atoms with Crippen LogP contribution >= 0.6 is 0 Å². The molecule has 0 aromatic heterocycles. The van der Waals surface area contributed by atoms with Crippen LogP contribution in [0.4, 0.5) is 0 Å². The first-order chi connectivity index (χ1) is 16.1. The summed E-state index contributed by atoms with van der Waals surface area (Å²) in [6.45, 7) is 6.56. The normalized spacial score (nSPS) is 11.2. The maximum Gasteiger partial charge on any atom is 0.166 e. The van der Waals surface area contributed by atoms with Crippen LogP contribution in [0.1, 0.15) is 164 Å². The number of benzene rings is 1. The number of unbranched alkanes of at least 4 members (excludes halogenated alkanes) is 17. The van der Waals surface area contributed by atoms with Crippen LogP contribution in [0.15, 0.2) is 12.1 Å². The summed E-state index contributed by atoms with van der Waals surface area (Å²) in [6.07, 6.45) is 25.8. The molecule has 0 spiro atoms. The minimum atomic E-state index is 0.114. The van der Waals surface area contributed by atoms with Gasteiger partial charge in [-0.3, -0.25) is 4.79 Å². The number of phenols is 1. The highest BCUT2D eigenvalue weighted by molar-refractivity contribution is 5.99. The lowest BCUT2D eigenvalue weighted by atomic mass is 9.95. The van der Waals surface area contributed by atoms with Gasteiger partial charge in [0, 0.05) is 6.42 Å². The van der Waals surface area contributed by atoms with Crippen molar-refractivity contribution in [3.05, 3.63) is 28.8 Å². The zero-order valence-electron chi connectivity index (χ0n) is 22.4. The second-order valence-electron chi connectivity index (χ2n) is 10.3. The van der Waals surface area contributed by atoms with Gasteiger partial charge in [0.05, 0.1) is 5.56 Å². The molecular weight excluding hydrogens is 404 g/mol. The van der Waals surface area contributed by atoms with Gasteiger partial charge in [-0.25, -0.2) is 0 Å². The lowest BCUT2D eigenvalue weighted by Crippen LogP contribution is -2.03. The average molecular weight is 459 g/mol. The van der Waals surface area contributed by atoms with E-state index in [1.165, 1.54) is 103 Å². The van der Waals surface area contributed by atoms with Crippen molar-refractivity contribution in [1.29, 1.82) is 0 Å². The predicted octanol–water partition coefficient (Wildman–Crippen LogP) is 10.3. The number of hydrogen-bond acceptors (Lipinski definition) is 2. The van der Waals surface area contributed by atoms with E-state index < -0.39 is 0 Å². The molecule has 0 aliphatic carbocycles. The van der Waals surface area contributed by atoms with Gasteiger partial charge in [-0.1, -0.05) is 129 Å². The number of aromatic hydroxyl groups is 1. The van der Waals surface area contributed by atoms with Gasteiger partial charge >= 0.3 is 0 Å². The van der Waals surface area contributed by atoms with Gasteiger partial charge in [-0.2, -0.15) is 0 Å². The molecule has 0 bridgehead atoms. The molecule has 1 aromatic rings. The Balaban J connectivity index is 2.27.